The number of fused-ring (bicyclic) bond motifs is 1. The van der Waals surface area contributed by atoms with Crippen LogP contribution >= 0.6 is 11.8 Å². The van der Waals surface area contributed by atoms with Gasteiger partial charge < -0.3 is 5.32 Å². The zero-order chi connectivity index (χ0) is 16.9. The van der Waals surface area contributed by atoms with E-state index in [4.69, 9.17) is 0 Å². The number of carbonyl (C=O) groups excluding carboxylic acids is 1. The van der Waals surface area contributed by atoms with E-state index in [1.807, 2.05) is 30.3 Å². The molecular weight excluding hydrogens is 324 g/mol. The lowest BCUT2D eigenvalue weighted by Gasteiger charge is -2.12. The van der Waals surface area contributed by atoms with Crippen LogP contribution in [0.4, 0.5) is 0 Å². The van der Waals surface area contributed by atoms with E-state index in [1.165, 1.54) is 9.08 Å². The van der Waals surface area contributed by atoms with Crippen molar-refractivity contribution < 1.29 is 4.79 Å². The highest BCUT2D eigenvalue weighted by Gasteiger charge is 2.11. The van der Waals surface area contributed by atoms with Crippen LogP contribution in [0.5, 0.6) is 0 Å². The Hall–Kier alpha value is -2.54. The molecule has 0 aliphatic heterocycles. The van der Waals surface area contributed by atoms with Gasteiger partial charge >= 0.3 is 5.69 Å². The monoisotopic (exact) mass is 342 g/mol. The third-order valence-electron chi connectivity index (χ3n) is 3.45. The molecule has 1 amide bonds. The second-order valence-electron chi connectivity index (χ2n) is 5.41. The third-order valence-corrected chi connectivity index (χ3v) is 4.56. The summed E-state index contributed by atoms with van der Waals surface area (Å²) in [5, 5.41) is 7.23. The van der Waals surface area contributed by atoms with E-state index in [2.05, 4.69) is 17.3 Å². The summed E-state index contributed by atoms with van der Waals surface area (Å²) in [7, 11) is 0. The smallest absolute Gasteiger partial charge is 0.350 e. The summed E-state index contributed by atoms with van der Waals surface area (Å²) >= 11 is 1.70. The van der Waals surface area contributed by atoms with Crippen LogP contribution in [0.1, 0.15) is 6.92 Å². The molecule has 3 rings (SSSR count). The van der Waals surface area contributed by atoms with Gasteiger partial charge in [-0.2, -0.15) is 0 Å². The summed E-state index contributed by atoms with van der Waals surface area (Å²) in [5.74, 6) is -0.221. The topological polar surface area (TPSA) is 68.4 Å². The quantitative estimate of drug-likeness (QED) is 0.694. The van der Waals surface area contributed by atoms with Gasteiger partial charge in [0.1, 0.15) is 6.54 Å². The molecule has 3 aromatic rings. The highest BCUT2D eigenvalue weighted by Crippen LogP contribution is 2.21. The fraction of sp³-hybridized carbons (Fsp3) is 0.235. The van der Waals surface area contributed by atoms with Gasteiger partial charge in [0.25, 0.3) is 0 Å². The Labute approximate surface area is 143 Å². The summed E-state index contributed by atoms with van der Waals surface area (Å²) in [4.78, 5) is 25.4. The van der Waals surface area contributed by atoms with Crippen LogP contribution in [0.3, 0.4) is 0 Å². The molecule has 0 bridgehead atoms. The van der Waals surface area contributed by atoms with Crippen LogP contribution < -0.4 is 11.0 Å². The van der Waals surface area contributed by atoms with Crippen LogP contribution in [0.2, 0.25) is 0 Å². The maximum atomic E-state index is 12.1. The second-order valence-corrected chi connectivity index (χ2v) is 6.93. The number of thioether (sulfide) groups is 1. The van der Waals surface area contributed by atoms with Crippen molar-refractivity contribution in [3.05, 3.63) is 65.2 Å². The number of hydrogen-bond acceptors (Lipinski definition) is 4. The minimum absolute atomic E-state index is 0.0801. The molecule has 0 unspecified atom stereocenters. The van der Waals surface area contributed by atoms with E-state index in [-0.39, 0.29) is 23.4 Å². The minimum Gasteiger partial charge on any atom is -0.353 e. The molecule has 2 heterocycles. The predicted octanol–water partition coefficient (Wildman–Crippen LogP) is 1.79. The van der Waals surface area contributed by atoms with Gasteiger partial charge in [-0.25, -0.2) is 9.48 Å². The average molecular weight is 342 g/mol. The summed E-state index contributed by atoms with van der Waals surface area (Å²) in [6.07, 6.45) is 1.64. The number of amides is 1. The lowest BCUT2D eigenvalue weighted by molar-refractivity contribution is -0.121. The summed E-state index contributed by atoms with van der Waals surface area (Å²) < 4.78 is 2.60. The van der Waals surface area contributed by atoms with E-state index in [9.17, 15) is 9.59 Å². The first-order valence-corrected chi connectivity index (χ1v) is 8.54. The first kappa shape index (κ1) is 16.3. The molecule has 24 heavy (non-hydrogen) atoms. The van der Waals surface area contributed by atoms with Gasteiger partial charge in [-0.3, -0.25) is 9.20 Å². The predicted molar refractivity (Wildman–Crippen MR) is 94.2 cm³/mol. The molecule has 0 spiro atoms. The van der Waals surface area contributed by atoms with Crippen LogP contribution in [-0.2, 0) is 11.3 Å². The molecule has 0 aliphatic rings. The number of benzene rings is 1. The van der Waals surface area contributed by atoms with Crippen molar-refractivity contribution in [2.75, 3.05) is 6.54 Å². The molecule has 0 aliphatic carbocycles. The van der Waals surface area contributed by atoms with E-state index in [1.54, 1.807) is 36.2 Å². The molecule has 6 nitrogen and oxygen atoms in total. The maximum absolute atomic E-state index is 12.1. The molecule has 0 saturated carbocycles. The third kappa shape index (κ3) is 3.86. The first-order chi connectivity index (χ1) is 11.6. The number of rotatable bonds is 6. The van der Waals surface area contributed by atoms with Gasteiger partial charge in [0, 0.05) is 22.9 Å². The van der Waals surface area contributed by atoms with Crippen molar-refractivity contribution in [1.29, 1.82) is 0 Å². The molecule has 0 radical (unpaired) electrons. The maximum Gasteiger partial charge on any atom is 0.350 e. The molecular formula is C17H18N4O2S. The summed E-state index contributed by atoms with van der Waals surface area (Å²) in [5.41, 5.74) is 0.218. The average Bonchev–Trinajstić information content (AvgIpc) is 2.90. The van der Waals surface area contributed by atoms with E-state index in [0.717, 1.165) is 4.90 Å². The number of aromatic nitrogens is 3. The van der Waals surface area contributed by atoms with Gasteiger partial charge in [0.2, 0.25) is 5.91 Å². The van der Waals surface area contributed by atoms with Crippen molar-refractivity contribution in [3.8, 4) is 0 Å². The SMILES string of the molecule is C[C@@H](CNC(=O)Cn1nc2ccccn2c1=O)Sc1ccccc1. The van der Waals surface area contributed by atoms with Gasteiger partial charge in [-0.15, -0.1) is 16.9 Å². The Morgan fingerprint density at radius 2 is 1.96 bits per heavy atom. The lowest BCUT2D eigenvalue weighted by Crippen LogP contribution is -2.35. The molecule has 124 valence electrons. The number of nitrogens with one attached hydrogen (secondary N) is 1. The molecule has 7 heteroatoms. The first-order valence-electron chi connectivity index (χ1n) is 7.66. The van der Waals surface area contributed by atoms with Crippen molar-refractivity contribution in [2.45, 2.75) is 23.6 Å². The van der Waals surface area contributed by atoms with Crippen LogP contribution in [0.25, 0.3) is 5.65 Å². The molecule has 0 fully saturated rings. The Bertz CT molecular complexity index is 888. The Morgan fingerprint density at radius 1 is 1.21 bits per heavy atom. The molecule has 1 N–H and O–H groups in total. The van der Waals surface area contributed by atoms with Gasteiger partial charge in [-0.05, 0) is 24.3 Å². The van der Waals surface area contributed by atoms with E-state index in [0.29, 0.717) is 12.2 Å². The molecule has 2 aromatic heterocycles. The van der Waals surface area contributed by atoms with Crippen LogP contribution in [0, 0.1) is 0 Å². The standard InChI is InChI=1S/C17H18N4O2S/c1-13(24-14-7-3-2-4-8-14)11-18-16(22)12-21-17(23)20-10-6-5-9-15(20)19-21/h2-10,13H,11-12H2,1H3,(H,18,22)/t13-/m0/s1. The highest BCUT2D eigenvalue weighted by atomic mass is 32.2. The summed E-state index contributed by atoms with van der Waals surface area (Å²) in [6, 6.07) is 15.3. The van der Waals surface area contributed by atoms with Crippen molar-refractivity contribution in [3.63, 3.8) is 0 Å². The fourth-order valence-electron chi connectivity index (χ4n) is 2.29. The minimum atomic E-state index is -0.313. The Balaban J connectivity index is 1.55. The molecule has 1 aromatic carbocycles. The van der Waals surface area contributed by atoms with Crippen LogP contribution in [-0.4, -0.2) is 31.9 Å². The lowest BCUT2D eigenvalue weighted by atomic mass is 10.4. The largest absolute Gasteiger partial charge is 0.353 e. The second kappa shape index (κ2) is 7.35. The summed E-state index contributed by atoms with van der Waals surface area (Å²) in [6.45, 7) is 2.50. The van der Waals surface area contributed by atoms with Crippen molar-refractivity contribution in [1.82, 2.24) is 19.5 Å². The Morgan fingerprint density at radius 3 is 2.71 bits per heavy atom. The molecule has 0 saturated heterocycles. The Kier molecular flexibility index (Phi) is 5.00. The molecule has 1 atom stereocenters. The van der Waals surface area contributed by atoms with Crippen molar-refractivity contribution in [2.24, 2.45) is 0 Å². The van der Waals surface area contributed by atoms with Gasteiger partial charge in [-0.1, -0.05) is 31.2 Å². The van der Waals surface area contributed by atoms with Gasteiger partial charge in [0.05, 0.1) is 0 Å². The van der Waals surface area contributed by atoms with Crippen molar-refractivity contribution >= 4 is 23.3 Å². The van der Waals surface area contributed by atoms with Crippen LogP contribution in [0.15, 0.2) is 64.4 Å². The number of pyridine rings is 1. The van der Waals surface area contributed by atoms with E-state index >= 15 is 0 Å². The number of nitrogens with zero attached hydrogens (tertiary/aromatic N) is 3. The normalized spacial score (nSPS) is 12.2. The zero-order valence-electron chi connectivity index (χ0n) is 13.3. The van der Waals surface area contributed by atoms with E-state index < -0.39 is 0 Å². The number of hydrogen-bond donors (Lipinski definition) is 1. The fourth-order valence-corrected chi connectivity index (χ4v) is 3.24. The highest BCUT2D eigenvalue weighted by molar-refractivity contribution is 8.00. The number of carbonyl (C=O) groups is 1. The zero-order valence-corrected chi connectivity index (χ0v) is 14.1. The van der Waals surface area contributed by atoms with Gasteiger partial charge in [0.15, 0.2) is 5.65 Å².